The second kappa shape index (κ2) is 8.63. The molecule has 0 aliphatic heterocycles. The number of alkyl carbamates (subject to hydrolysis) is 1. The number of carbonyl (C=O) groups excluding carboxylic acids is 1. The zero-order valence-corrected chi connectivity index (χ0v) is 13.9. The number of benzene rings is 1. The van der Waals surface area contributed by atoms with Crippen LogP contribution in [-0.4, -0.2) is 36.1 Å². The summed E-state index contributed by atoms with van der Waals surface area (Å²) in [5, 5.41) is 11.7. The van der Waals surface area contributed by atoms with Crippen molar-refractivity contribution in [1.29, 1.82) is 0 Å². The first kappa shape index (κ1) is 18.3. The third kappa shape index (κ3) is 7.31. The summed E-state index contributed by atoms with van der Waals surface area (Å²) in [5.74, 6) is 0.779. The Hall–Kier alpha value is -1.75. The number of aliphatic hydroxyl groups excluding tert-OH is 1. The summed E-state index contributed by atoms with van der Waals surface area (Å²) in [7, 11) is 0. The summed E-state index contributed by atoms with van der Waals surface area (Å²) in [6.45, 7) is 7.73. The fourth-order valence-electron chi connectivity index (χ4n) is 1.96. The highest BCUT2D eigenvalue weighted by atomic mass is 16.6. The van der Waals surface area contributed by atoms with Crippen LogP contribution in [0.25, 0.3) is 0 Å². The normalized spacial score (nSPS) is 12.6. The summed E-state index contributed by atoms with van der Waals surface area (Å²) in [4.78, 5) is 11.7. The van der Waals surface area contributed by atoms with E-state index in [9.17, 15) is 4.79 Å². The van der Waals surface area contributed by atoms with Gasteiger partial charge < -0.3 is 19.9 Å². The largest absolute Gasteiger partial charge is 0.491 e. The van der Waals surface area contributed by atoms with Crippen molar-refractivity contribution in [3.8, 4) is 5.75 Å². The van der Waals surface area contributed by atoms with Crippen molar-refractivity contribution in [2.24, 2.45) is 0 Å². The van der Waals surface area contributed by atoms with Crippen LogP contribution in [0, 0.1) is 0 Å². The SMILES string of the molecule is C[C@H](CCc1ccccc1OCCO)NC(=O)OC(C)(C)C. The van der Waals surface area contributed by atoms with Crippen LogP contribution in [-0.2, 0) is 11.2 Å². The first-order valence-electron chi connectivity index (χ1n) is 7.63. The van der Waals surface area contributed by atoms with Crippen LogP contribution in [0.15, 0.2) is 24.3 Å². The minimum Gasteiger partial charge on any atom is -0.491 e. The van der Waals surface area contributed by atoms with Crippen molar-refractivity contribution < 1.29 is 19.4 Å². The molecule has 0 heterocycles. The second-order valence-corrected chi connectivity index (χ2v) is 6.27. The molecule has 1 amide bonds. The number of nitrogens with one attached hydrogen (secondary N) is 1. The summed E-state index contributed by atoms with van der Waals surface area (Å²) in [5.41, 5.74) is 0.572. The van der Waals surface area contributed by atoms with Crippen molar-refractivity contribution >= 4 is 6.09 Å². The minimum absolute atomic E-state index is 0.000693. The van der Waals surface area contributed by atoms with Gasteiger partial charge in [0.2, 0.25) is 0 Å². The van der Waals surface area contributed by atoms with E-state index in [0.717, 1.165) is 24.2 Å². The monoisotopic (exact) mass is 309 g/mol. The highest BCUT2D eigenvalue weighted by molar-refractivity contribution is 5.68. The Morgan fingerprint density at radius 1 is 1.32 bits per heavy atom. The van der Waals surface area contributed by atoms with Crippen molar-refractivity contribution in [2.45, 2.75) is 52.2 Å². The first-order chi connectivity index (χ1) is 10.3. The molecule has 1 aromatic carbocycles. The van der Waals surface area contributed by atoms with Crippen molar-refractivity contribution in [3.05, 3.63) is 29.8 Å². The van der Waals surface area contributed by atoms with Gasteiger partial charge in [0.1, 0.15) is 18.0 Å². The van der Waals surface area contributed by atoms with Crippen LogP contribution in [0.5, 0.6) is 5.75 Å². The Bertz CT molecular complexity index is 468. The molecule has 0 spiro atoms. The maximum absolute atomic E-state index is 11.7. The van der Waals surface area contributed by atoms with Crippen molar-refractivity contribution in [3.63, 3.8) is 0 Å². The van der Waals surface area contributed by atoms with Gasteiger partial charge in [-0.1, -0.05) is 18.2 Å². The lowest BCUT2D eigenvalue weighted by Crippen LogP contribution is -2.37. The molecule has 0 saturated carbocycles. The molecule has 0 bridgehead atoms. The Balaban J connectivity index is 2.47. The summed E-state index contributed by atoms with van der Waals surface area (Å²) in [6, 6.07) is 7.73. The smallest absolute Gasteiger partial charge is 0.407 e. The topological polar surface area (TPSA) is 67.8 Å². The fourth-order valence-corrected chi connectivity index (χ4v) is 1.96. The number of aryl methyl sites for hydroxylation is 1. The zero-order valence-electron chi connectivity index (χ0n) is 13.9. The molecule has 1 aromatic rings. The Kier molecular flexibility index (Phi) is 7.18. The van der Waals surface area contributed by atoms with Crippen LogP contribution >= 0.6 is 0 Å². The maximum atomic E-state index is 11.7. The summed E-state index contributed by atoms with van der Waals surface area (Å²) in [6.07, 6.45) is 1.15. The van der Waals surface area contributed by atoms with Gasteiger partial charge in [-0.3, -0.25) is 0 Å². The van der Waals surface area contributed by atoms with E-state index in [1.807, 2.05) is 52.0 Å². The lowest BCUT2D eigenvalue weighted by atomic mass is 10.1. The Morgan fingerprint density at radius 2 is 2.00 bits per heavy atom. The van der Waals surface area contributed by atoms with E-state index in [-0.39, 0.29) is 19.3 Å². The molecule has 0 fully saturated rings. The van der Waals surface area contributed by atoms with Gasteiger partial charge in [-0.2, -0.15) is 0 Å². The molecule has 5 heteroatoms. The minimum atomic E-state index is -0.492. The van der Waals surface area contributed by atoms with Crippen LogP contribution < -0.4 is 10.1 Å². The van der Waals surface area contributed by atoms with Gasteiger partial charge in [-0.25, -0.2) is 4.79 Å². The third-order valence-electron chi connectivity index (χ3n) is 2.93. The number of hydrogen-bond acceptors (Lipinski definition) is 4. The van der Waals surface area contributed by atoms with Gasteiger partial charge in [0.15, 0.2) is 0 Å². The molecular weight excluding hydrogens is 282 g/mol. The summed E-state index contributed by atoms with van der Waals surface area (Å²) >= 11 is 0. The van der Waals surface area contributed by atoms with E-state index in [4.69, 9.17) is 14.6 Å². The van der Waals surface area contributed by atoms with E-state index >= 15 is 0 Å². The number of ether oxygens (including phenoxy) is 2. The molecule has 5 nitrogen and oxygen atoms in total. The quantitative estimate of drug-likeness (QED) is 0.812. The van der Waals surface area contributed by atoms with Gasteiger partial charge in [-0.05, 0) is 52.2 Å². The molecule has 0 saturated heterocycles. The fraction of sp³-hybridized carbons (Fsp3) is 0.588. The zero-order chi connectivity index (χ0) is 16.6. The molecule has 124 valence electrons. The van der Waals surface area contributed by atoms with E-state index in [2.05, 4.69) is 5.32 Å². The van der Waals surface area contributed by atoms with E-state index < -0.39 is 11.7 Å². The van der Waals surface area contributed by atoms with Gasteiger partial charge >= 0.3 is 6.09 Å². The van der Waals surface area contributed by atoms with Gasteiger partial charge in [-0.15, -0.1) is 0 Å². The predicted molar refractivity (Wildman–Crippen MR) is 86.2 cm³/mol. The average molecular weight is 309 g/mol. The van der Waals surface area contributed by atoms with Crippen LogP contribution in [0.2, 0.25) is 0 Å². The van der Waals surface area contributed by atoms with Crippen LogP contribution in [0.3, 0.4) is 0 Å². The lowest BCUT2D eigenvalue weighted by Gasteiger charge is -2.22. The number of hydrogen-bond donors (Lipinski definition) is 2. The molecule has 0 radical (unpaired) electrons. The highest BCUT2D eigenvalue weighted by Crippen LogP contribution is 2.20. The second-order valence-electron chi connectivity index (χ2n) is 6.27. The van der Waals surface area contributed by atoms with E-state index in [0.29, 0.717) is 0 Å². The average Bonchev–Trinajstić information content (AvgIpc) is 2.41. The van der Waals surface area contributed by atoms with E-state index in [1.54, 1.807) is 0 Å². The predicted octanol–water partition coefficient (Wildman–Crippen LogP) is 2.90. The third-order valence-corrected chi connectivity index (χ3v) is 2.93. The number of amides is 1. The Morgan fingerprint density at radius 3 is 2.64 bits per heavy atom. The van der Waals surface area contributed by atoms with Crippen molar-refractivity contribution in [2.75, 3.05) is 13.2 Å². The molecule has 0 aliphatic carbocycles. The number of carbonyl (C=O) groups is 1. The number of aliphatic hydroxyl groups is 1. The molecule has 2 N–H and O–H groups in total. The van der Waals surface area contributed by atoms with Crippen LogP contribution in [0.1, 0.15) is 39.7 Å². The summed E-state index contributed by atoms with van der Waals surface area (Å²) < 4.78 is 10.7. The van der Waals surface area contributed by atoms with Crippen LogP contribution in [0.4, 0.5) is 4.79 Å². The Labute approximate surface area is 132 Å². The van der Waals surface area contributed by atoms with E-state index in [1.165, 1.54) is 0 Å². The van der Waals surface area contributed by atoms with Gasteiger partial charge in [0, 0.05) is 6.04 Å². The molecule has 1 atom stereocenters. The molecular formula is C17H27NO4. The highest BCUT2D eigenvalue weighted by Gasteiger charge is 2.17. The molecule has 1 rings (SSSR count). The molecule has 0 aromatic heterocycles. The molecule has 0 unspecified atom stereocenters. The van der Waals surface area contributed by atoms with Gasteiger partial charge in [0.25, 0.3) is 0 Å². The number of rotatable bonds is 7. The maximum Gasteiger partial charge on any atom is 0.407 e. The molecule has 0 aliphatic rings. The lowest BCUT2D eigenvalue weighted by molar-refractivity contribution is 0.0506. The number of para-hydroxylation sites is 1. The van der Waals surface area contributed by atoms with Crippen molar-refractivity contribution in [1.82, 2.24) is 5.32 Å². The van der Waals surface area contributed by atoms with Gasteiger partial charge in [0.05, 0.1) is 6.61 Å². The first-order valence-corrected chi connectivity index (χ1v) is 7.63. The standard InChI is InChI=1S/C17H27NO4/c1-13(18-16(20)22-17(2,3)4)9-10-14-7-5-6-8-15(14)21-12-11-19/h5-8,13,19H,9-12H2,1-4H3,(H,18,20)/t13-/m1/s1. The molecule has 22 heavy (non-hydrogen) atoms.